The number of fused-ring (bicyclic) bond motifs is 3. The van der Waals surface area contributed by atoms with E-state index in [2.05, 4.69) is 9.30 Å². The van der Waals surface area contributed by atoms with Crippen LogP contribution in [0.1, 0.15) is 39.5 Å². The van der Waals surface area contributed by atoms with Crippen LogP contribution in [-0.2, 0) is 27.3 Å². The van der Waals surface area contributed by atoms with Crippen LogP contribution in [0.4, 0.5) is 0 Å². The van der Waals surface area contributed by atoms with Crippen LogP contribution in [0.25, 0.3) is 10.9 Å². The fourth-order valence-corrected chi connectivity index (χ4v) is 4.31. The number of amides is 2. The number of carbonyl (C=O) groups excluding carboxylic acids is 3. The normalized spacial score (nSPS) is 14.9. The van der Waals surface area contributed by atoms with E-state index in [1.54, 1.807) is 24.3 Å². The number of methoxy groups -OCH3 is 1. The summed E-state index contributed by atoms with van der Waals surface area (Å²) in [5, 5.41) is 0.772. The predicted molar refractivity (Wildman–Crippen MR) is 114 cm³/mol. The molecule has 1 atom stereocenters. The molecule has 4 N–H and O–H groups in total. The fraction of sp³-hybridized carbons (Fsp3) is 0.261. The lowest BCUT2D eigenvalue weighted by Crippen LogP contribution is -2.19. The van der Waals surface area contributed by atoms with E-state index in [0.29, 0.717) is 30.7 Å². The van der Waals surface area contributed by atoms with Crippen LogP contribution in [0.2, 0.25) is 0 Å². The lowest BCUT2D eigenvalue weighted by molar-refractivity contribution is -0.142. The van der Waals surface area contributed by atoms with Crippen LogP contribution in [0.15, 0.2) is 42.5 Å². The second-order valence-corrected chi connectivity index (χ2v) is 7.52. The van der Waals surface area contributed by atoms with E-state index in [-0.39, 0.29) is 6.61 Å². The van der Waals surface area contributed by atoms with Crippen LogP contribution in [0.5, 0.6) is 5.75 Å². The van der Waals surface area contributed by atoms with Crippen molar-refractivity contribution in [3.63, 3.8) is 0 Å². The van der Waals surface area contributed by atoms with Crippen LogP contribution in [0.3, 0.4) is 0 Å². The Morgan fingerprint density at radius 2 is 1.90 bits per heavy atom. The number of carbonyl (C=O) groups is 3. The lowest BCUT2D eigenvalue weighted by Gasteiger charge is -2.12. The Kier molecular flexibility index (Phi) is 5.37. The summed E-state index contributed by atoms with van der Waals surface area (Å²) in [6.07, 6.45) is 1.30. The van der Waals surface area contributed by atoms with Gasteiger partial charge in [-0.15, -0.1) is 0 Å². The standard InChI is InChI=1S/C23H23N3O5/c1-30-19(27)12-31-18-7-3-6-16-21(18)20-15(23(25)29)8-9-17(20)26(16)11-13-4-2-5-14(10-13)22(24)28/h2-7,10,15H,8-9,11-12H2,1H3,(H2,24,28)(H2,25,29). The molecule has 0 aliphatic heterocycles. The Morgan fingerprint density at radius 1 is 1.13 bits per heavy atom. The Hall–Kier alpha value is -3.81. The van der Waals surface area contributed by atoms with Gasteiger partial charge in [-0.1, -0.05) is 18.2 Å². The molecule has 1 aromatic heterocycles. The summed E-state index contributed by atoms with van der Waals surface area (Å²) in [5.74, 6) is -1.31. The first-order chi connectivity index (χ1) is 14.9. The third-order valence-electron chi connectivity index (χ3n) is 5.69. The molecule has 2 aromatic carbocycles. The highest BCUT2D eigenvalue weighted by atomic mass is 16.6. The van der Waals surface area contributed by atoms with Gasteiger partial charge in [0.15, 0.2) is 6.61 Å². The third kappa shape index (κ3) is 3.72. The van der Waals surface area contributed by atoms with Crippen molar-refractivity contribution in [2.75, 3.05) is 13.7 Å². The van der Waals surface area contributed by atoms with Gasteiger partial charge in [-0.25, -0.2) is 4.79 Å². The molecule has 0 saturated carbocycles. The quantitative estimate of drug-likeness (QED) is 0.563. The Labute approximate surface area is 178 Å². The highest BCUT2D eigenvalue weighted by Crippen LogP contribution is 2.44. The van der Waals surface area contributed by atoms with Gasteiger partial charge < -0.3 is 25.5 Å². The number of nitrogens with two attached hydrogens (primary N) is 2. The van der Waals surface area contributed by atoms with E-state index in [0.717, 1.165) is 27.7 Å². The number of esters is 1. The minimum Gasteiger partial charge on any atom is -0.481 e. The van der Waals surface area contributed by atoms with Crippen LogP contribution in [-0.4, -0.2) is 36.1 Å². The van der Waals surface area contributed by atoms with Crippen molar-refractivity contribution in [2.45, 2.75) is 25.3 Å². The van der Waals surface area contributed by atoms with Gasteiger partial charge in [0, 0.05) is 23.2 Å². The molecule has 1 heterocycles. The number of nitrogens with zero attached hydrogens (tertiary/aromatic N) is 1. The van der Waals surface area contributed by atoms with E-state index in [4.69, 9.17) is 16.2 Å². The van der Waals surface area contributed by atoms with Crippen molar-refractivity contribution in [2.24, 2.45) is 11.5 Å². The number of aromatic nitrogens is 1. The molecule has 0 bridgehead atoms. The van der Waals surface area contributed by atoms with Gasteiger partial charge in [-0.3, -0.25) is 9.59 Å². The fourth-order valence-electron chi connectivity index (χ4n) is 4.31. The highest BCUT2D eigenvalue weighted by Gasteiger charge is 2.34. The Bertz CT molecular complexity index is 1200. The Morgan fingerprint density at radius 3 is 2.61 bits per heavy atom. The lowest BCUT2D eigenvalue weighted by atomic mass is 9.99. The van der Waals surface area contributed by atoms with Gasteiger partial charge in [0.2, 0.25) is 11.8 Å². The molecule has 31 heavy (non-hydrogen) atoms. The molecule has 1 aliphatic carbocycles. The molecule has 1 aliphatic rings. The maximum atomic E-state index is 12.2. The highest BCUT2D eigenvalue weighted by molar-refractivity contribution is 5.98. The summed E-state index contributed by atoms with van der Waals surface area (Å²) in [6.45, 7) is 0.246. The van der Waals surface area contributed by atoms with Crippen molar-refractivity contribution in [1.82, 2.24) is 4.57 Å². The van der Waals surface area contributed by atoms with Gasteiger partial charge in [0.05, 0.1) is 18.5 Å². The average molecular weight is 421 g/mol. The zero-order valence-corrected chi connectivity index (χ0v) is 17.1. The maximum Gasteiger partial charge on any atom is 0.343 e. The van der Waals surface area contributed by atoms with E-state index in [1.807, 2.05) is 18.2 Å². The SMILES string of the molecule is COC(=O)COc1cccc2c1c1c(n2Cc2cccc(C(N)=O)c2)CCC1C(N)=O. The molecule has 8 heteroatoms. The molecule has 0 spiro atoms. The predicted octanol–water partition coefficient (Wildman–Crippen LogP) is 1.86. The van der Waals surface area contributed by atoms with Crippen LogP contribution in [0, 0.1) is 0 Å². The van der Waals surface area contributed by atoms with Crippen molar-refractivity contribution in [3.8, 4) is 5.75 Å². The van der Waals surface area contributed by atoms with Crippen molar-refractivity contribution in [1.29, 1.82) is 0 Å². The first kappa shape index (κ1) is 20.5. The molecule has 1 unspecified atom stereocenters. The topological polar surface area (TPSA) is 127 Å². The summed E-state index contributed by atoms with van der Waals surface area (Å²) in [6, 6.07) is 12.7. The van der Waals surface area contributed by atoms with E-state index in [9.17, 15) is 14.4 Å². The second-order valence-electron chi connectivity index (χ2n) is 7.52. The van der Waals surface area contributed by atoms with Gasteiger partial charge in [-0.2, -0.15) is 0 Å². The number of hydrogen-bond acceptors (Lipinski definition) is 5. The van der Waals surface area contributed by atoms with Gasteiger partial charge >= 0.3 is 5.97 Å². The summed E-state index contributed by atoms with van der Waals surface area (Å²) < 4.78 is 12.5. The summed E-state index contributed by atoms with van der Waals surface area (Å²) in [5.41, 5.74) is 15.2. The van der Waals surface area contributed by atoms with E-state index >= 15 is 0 Å². The molecule has 3 aromatic rings. The van der Waals surface area contributed by atoms with Crippen LogP contribution < -0.4 is 16.2 Å². The van der Waals surface area contributed by atoms with Crippen molar-refractivity contribution >= 4 is 28.7 Å². The van der Waals surface area contributed by atoms with Gasteiger partial charge in [-0.05, 0) is 48.2 Å². The monoisotopic (exact) mass is 421 g/mol. The molecule has 0 saturated heterocycles. The third-order valence-corrected chi connectivity index (χ3v) is 5.69. The first-order valence-corrected chi connectivity index (χ1v) is 9.92. The van der Waals surface area contributed by atoms with Crippen LogP contribution >= 0.6 is 0 Å². The molecule has 4 rings (SSSR count). The Balaban J connectivity index is 1.85. The number of hydrogen-bond donors (Lipinski definition) is 2. The molecule has 0 fully saturated rings. The summed E-state index contributed by atoms with van der Waals surface area (Å²) in [4.78, 5) is 35.3. The summed E-state index contributed by atoms with van der Waals surface area (Å²) >= 11 is 0. The minimum atomic E-state index is -0.497. The second kappa shape index (κ2) is 8.14. The molecule has 0 radical (unpaired) electrons. The van der Waals surface area contributed by atoms with E-state index in [1.165, 1.54) is 7.11 Å². The molecular weight excluding hydrogens is 398 g/mol. The minimum absolute atomic E-state index is 0.239. The summed E-state index contributed by atoms with van der Waals surface area (Å²) in [7, 11) is 1.30. The first-order valence-electron chi connectivity index (χ1n) is 9.92. The largest absolute Gasteiger partial charge is 0.481 e. The molecule has 160 valence electrons. The zero-order chi connectivity index (χ0) is 22.1. The molecular formula is C23H23N3O5. The molecule has 2 amide bonds. The zero-order valence-electron chi connectivity index (χ0n) is 17.1. The number of benzene rings is 2. The van der Waals surface area contributed by atoms with Crippen molar-refractivity contribution < 1.29 is 23.9 Å². The van der Waals surface area contributed by atoms with Crippen molar-refractivity contribution in [3.05, 3.63) is 64.8 Å². The number of rotatable bonds is 7. The number of ether oxygens (including phenoxy) is 2. The smallest absolute Gasteiger partial charge is 0.343 e. The number of primary amides is 2. The molecule has 8 nitrogen and oxygen atoms in total. The van der Waals surface area contributed by atoms with E-state index < -0.39 is 23.7 Å². The maximum absolute atomic E-state index is 12.2. The van der Waals surface area contributed by atoms with Gasteiger partial charge in [0.1, 0.15) is 5.75 Å². The van der Waals surface area contributed by atoms with Gasteiger partial charge in [0.25, 0.3) is 0 Å². The average Bonchev–Trinajstić information content (AvgIpc) is 3.32.